The Balaban J connectivity index is 1.88. The normalized spacial score (nSPS) is 15.8. The fourth-order valence-electron chi connectivity index (χ4n) is 2.10. The number of carbonyl (C=O) groups is 1. The lowest BCUT2D eigenvalue weighted by atomic mass is 10.1. The first-order valence-corrected chi connectivity index (χ1v) is 5.81. The number of rotatable bonds is 2. The molecular weight excluding hydrogens is 214 g/mol. The molecule has 1 fully saturated rings. The number of fused-ring (bicyclic) bond motifs is 1. The first-order chi connectivity index (χ1) is 8.25. The quantitative estimate of drug-likeness (QED) is 0.813. The molecule has 2 aromatic rings. The van der Waals surface area contributed by atoms with Crippen LogP contribution in [-0.2, 0) is 0 Å². The van der Waals surface area contributed by atoms with Gasteiger partial charge in [-0.3, -0.25) is 4.79 Å². The van der Waals surface area contributed by atoms with Gasteiger partial charge in [0.2, 0.25) is 0 Å². The number of hydrogen-bond donors (Lipinski definition) is 2. The summed E-state index contributed by atoms with van der Waals surface area (Å²) in [6, 6.07) is 8.12. The summed E-state index contributed by atoms with van der Waals surface area (Å²) < 4.78 is 0. The Morgan fingerprint density at radius 2 is 2.18 bits per heavy atom. The number of likely N-dealkylation sites (N-methyl/N-ethyl adjacent to an activating group) is 1. The molecule has 1 saturated heterocycles. The van der Waals surface area contributed by atoms with E-state index in [0.717, 1.165) is 29.6 Å². The number of amides is 1. The fourth-order valence-corrected chi connectivity index (χ4v) is 2.10. The second-order valence-corrected chi connectivity index (χ2v) is 4.51. The van der Waals surface area contributed by atoms with E-state index in [-0.39, 0.29) is 5.91 Å². The smallest absolute Gasteiger partial charge is 0.254 e. The van der Waals surface area contributed by atoms with Crippen molar-refractivity contribution in [3.8, 4) is 0 Å². The molecule has 1 aromatic carbocycles. The summed E-state index contributed by atoms with van der Waals surface area (Å²) in [6.45, 7) is 1.79. The van der Waals surface area contributed by atoms with E-state index >= 15 is 0 Å². The zero-order valence-electron chi connectivity index (χ0n) is 9.73. The molecule has 0 aliphatic carbocycles. The maximum Gasteiger partial charge on any atom is 0.254 e. The van der Waals surface area contributed by atoms with Crippen molar-refractivity contribution in [1.29, 1.82) is 0 Å². The molecular formula is C13H15N3O. The van der Waals surface area contributed by atoms with Crippen LogP contribution in [0.1, 0.15) is 10.4 Å². The first-order valence-electron chi connectivity index (χ1n) is 5.81. The minimum atomic E-state index is 0.0907. The van der Waals surface area contributed by atoms with Crippen molar-refractivity contribution in [3.05, 3.63) is 36.0 Å². The van der Waals surface area contributed by atoms with Gasteiger partial charge in [-0.25, -0.2) is 0 Å². The van der Waals surface area contributed by atoms with Gasteiger partial charge in [-0.1, -0.05) is 6.07 Å². The highest BCUT2D eigenvalue weighted by Gasteiger charge is 2.25. The minimum Gasteiger partial charge on any atom is -0.361 e. The van der Waals surface area contributed by atoms with E-state index < -0.39 is 0 Å². The Bertz CT molecular complexity index is 557. The van der Waals surface area contributed by atoms with Crippen LogP contribution in [0.2, 0.25) is 0 Å². The average Bonchev–Trinajstić information content (AvgIpc) is 2.72. The molecule has 2 N–H and O–H groups in total. The number of hydrogen-bond acceptors (Lipinski definition) is 2. The number of nitrogens with zero attached hydrogens (tertiary/aromatic N) is 1. The molecule has 4 heteroatoms. The van der Waals surface area contributed by atoms with Gasteiger partial charge in [0, 0.05) is 37.4 Å². The monoisotopic (exact) mass is 229 g/mol. The molecule has 3 rings (SSSR count). The Morgan fingerprint density at radius 1 is 1.35 bits per heavy atom. The SMILES string of the molecule is CN(C(=O)c1ccc2cc[nH]c2c1)C1CNC1. The third kappa shape index (κ3) is 1.70. The van der Waals surface area contributed by atoms with Gasteiger partial charge in [0.15, 0.2) is 0 Å². The zero-order chi connectivity index (χ0) is 11.8. The van der Waals surface area contributed by atoms with Crippen LogP contribution in [0.25, 0.3) is 10.9 Å². The summed E-state index contributed by atoms with van der Waals surface area (Å²) in [5, 5.41) is 4.31. The van der Waals surface area contributed by atoms with E-state index in [0.29, 0.717) is 6.04 Å². The maximum absolute atomic E-state index is 12.2. The van der Waals surface area contributed by atoms with Gasteiger partial charge in [0.1, 0.15) is 0 Å². The molecule has 1 aliphatic rings. The topological polar surface area (TPSA) is 48.1 Å². The number of carbonyl (C=O) groups excluding carboxylic acids is 1. The van der Waals surface area contributed by atoms with Crippen molar-refractivity contribution in [2.75, 3.05) is 20.1 Å². The number of aromatic amines is 1. The summed E-state index contributed by atoms with van der Waals surface area (Å²) in [4.78, 5) is 17.2. The second kappa shape index (κ2) is 3.89. The molecule has 0 radical (unpaired) electrons. The van der Waals surface area contributed by atoms with Gasteiger partial charge in [-0.05, 0) is 23.6 Å². The summed E-state index contributed by atoms with van der Waals surface area (Å²) in [5.41, 5.74) is 1.75. The highest BCUT2D eigenvalue weighted by molar-refractivity contribution is 5.98. The predicted octanol–water partition coefficient (Wildman–Crippen LogP) is 1.21. The molecule has 0 saturated carbocycles. The third-order valence-electron chi connectivity index (χ3n) is 3.43. The summed E-state index contributed by atoms with van der Waals surface area (Å²) in [7, 11) is 1.87. The molecule has 1 aromatic heterocycles. The lowest BCUT2D eigenvalue weighted by molar-refractivity contribution is 0.0681. The van der Waals surface area contributed by atoms with Crippen LogP contribution >= 0.6 is 0 Å². The summed E-state index contributed by atoms with van der Waals surface area (Å²) >= 11 is 0. The molecule has 1 amide bonds. The van der Waals surface area contributed by atoms with E-state index in [2.05, 4.69) is 10.3 Å². The molecule has 2 heterocycles. The van der Waals surface area contributed by atoms with E-state index in [1.165, 1.54) is 0 Å². The number of H-pyrrole nitrogens is 1. The first kappa shape index (κ1) is 10.4. The number of aromatic nitrogens is 1. The van der Waals surface area contributed by atoms with Crippen molar-refractivity contribution in [2.24, 2.45) is 0 Å². The van der Waals surface area contributed by atoms with Gasteiger partial charge in [0.25, 0.3) is 5.91 Å². The van der Waals surface area contributed by atoms with Crippen LogP contribution in [0, 0.1) is 0 Å². The van der Waals surface area contributed by atoms with Gasteiger partial charge in [-0.2, -0.15) is 0 Å². The van der Waals surface area contributed by atoms with E-state index in [4.69, 9.17) is 0 Å². The van der Waals surface area contributed by atoms with Crippen molar-refractivity contribution >= 4 is 16.8 Å². The van der Waals surface area contributed by atoms with Gasteiger partial charge < -0.3 is 15.2 Å². The number of nitrogens with one attached hydrogen (secondary N) is 2. The fraction of sp³-hybridized carbons (Fsp3) is 0.308. The lowest BCUT2D eigenvalue weighted by Crippen LogP contribution is -2.57. The highest BCUT2D eigenvalue weighted by atomic mass is 16.2. The van der Waals surface area contributed by atoms with E-state index in [1.54, 1.807) is 0 Å². The second-order valence-electron chi connectivity index (χ2n) is 4.51. The molecule has 4 nitrogen and oxygen atoms in total. The van der Waals surface area contributed by atoms with Gasteiger partial charge >= 0.3 is 0 Å². The standard InChI is InChI=1S/C13H15N3O/c1-16(11-7-14-8-11)13(17)10-3-2-9-4-5-15-12(9)6-10/h2-6,11,14-15H,7-8H2,1H3. The zero-order valence-corrected chi connectivity index (χ0v) is 9.73. The highest BCUT2D eigenvalue weighted by Crippen LogP contribution is 2.16. The Hall–Kier alpha value is -1.81. The molecule has 0 spiro atoms. The van der Waals surface area contributed by atoms with Crippen LogP contribution in [-0.4, -0.2) is 42.0 Å². The largest absolute Gasteiger partial charge is 0.361 e. The van der Waals surface area contributed by atoms with E-state index in [9.17, 15) is 4.79 Å². The molecule has 0 atom stereocenters. The van der Waals surface area contributed by atoms with Crippen LogP contribution in [0.15, 0.2) is 30.5 Å². The molecule has 17 heavy (non-hydrogen) atoms. The summed E-state index contributed by atoms with van der Waals surface area (Å²) in [5.74, 6) is 0.0907. The Kier molecular flexibility index (Phi) is 2.37. The van der Waals surface area contributed by atoms with Crippen molar-refractivity contribution in [1.82, 2.24) is 15.2 Å². The molecule has 0 unspecified atom stereocenters. The van der Waals surface area contributed by atoms with Gasteiger partial charge in [0.05, 0.1) is 6.04 Å². The van der Waals surface area contributed by atoms with Crippen LogP contribution in [0.3, 0.4) is 0 Å². The van der Waals surface area contributed by atoms with Crippen LogP contribution in [0.4, 0.5) is 0 Å². The average molecular weight is 229 g/mol. The summed E-state index contributed by atoms with van der Waals surface area (Å²) in [6.07, 6.45) is 1.89. The molecule has 0 bridgehead atoms. The molecule has 1 aliphatic heterocycles. The Labute approximate surface area is 99.6 Å². The van der Waals surface area contributed by atoms with Crippen molar-refractivity contribution in [3.63, 3.8) is 0 Å². The number of benzene rings is 1. The van der Waals surface area contributed by atoms with Crippen LogP contribution < -0.4 is 5.32 Å². The van der Waals surface area contributed by atoms with Crippen LogP contribution in [0.5, 0.6) is 0 Å². The van der Waals surface area contributed by atoms with Gasteiger partial charge in [-0.15, -0.1) is 0 Å². The maximum atomic E-state index is 12.2. The predicted molar refractivity (Wildman–Crippen MR) is 67.0 cm³/mol. The molecule has 88 valence electrons. The Morgan fingerprint density at radius 3 is 2.88 bits per heavy atom. The van der Waals surface area contributed by atoms with Crippen molar-refractivity contribution in [2.45, 2.75) is 6.04 Å². The van der Waals surface area contributed by atoms with Crippen molar-refractivity contribution < 1.29 is 4.79 Å². The van der Waals surface area contributed by atoms with E-state index in [1.807, 2.05) is 42.4 Å². The lowest BCUT2D eigenvalue weighted by Gasteiger charge is -2.35. The minimum absolute atomic E-state index is 0.0907. The third-order valence-corrected chi connectivity index (χ3v) is 3.43.